The first-order valence-electron chi connectivity index (χ1n) is 7.48. The van der Waals surface area contributed by atoms with Crippen LogP contribution in [-0.2, 0) is 6.54 Å². The lowest BCUT2D eigenvalue weighted by Crippen LogP contribution is -2.53. The Morgan fingerprint density at radius 3 is 2.79 bits per heavy atom. The summed E-state index contributed by atoms with van der Waals surface area (Å²) in [6.07, 6.45) is 7.59. The van der Waals surface area contributed by atoms with Gasteiger partial charge in [0, 0.05) is 29.9 Å². The highest BCUT2D eigenvalue weighted by molar-refractivity contribution is 5.16. The fourth-order valence-electron chi connectivity index (χ4n) is 3.09. The van der Waals surface area contributed by atoms with Crippen molar-refractivity contribution in [1.82, 2.24) is 14.7 Å². The predicted molar refractivity (Wildman–Crippen MR) is 78.9 cm³/mol. The molecule has 1 fully saturated rings. The minimum absolute atomic E-state index is 0.148. The van der Waals surface area contributed by atoms with Crippen LogP contribution >= 0.6 is 0 Å². The molecule has 1 aliphatic rings. The van der Waals surface area contributed by atoms with E-state index in [1.165, 1.54) is 12.0 Å². The van der Waals surface area contributed by atoms with Crippen LogP contribution in [0.1, 0.15) is 58.6 Å². The Balaban J connectivity index is 2.25. The Labute approximate surface area is 117 Å². The van der Waals surface area contributed by atoms with Crippen LogP contribution in [0.3, 0.4) is 0 Å². The Kier molecular flexibility index (Phi) is 4.31. The van der Waals surface area contributed by atoms with Crippen molar-refractivity contribution in [2.45, 2.75) is 71.1 Å². The molecule has 0 radical (unpaired) electrons. The predicted octanol–water partition coefficient (Wildman–Crippen LogP) is 2.56. The first-order valence-corrected chi connectivity index (χ1v) is 7.48. The standard InChI is InChI=1S/C15H28N4/c1-5-8-18-11-12(10-17-18)14-13(16)7-6-9-19(14)15(2,3)4/h10-11,13-14H,5-9,16H2,1-4H3. The van der Waals surface area contributed by atoms with E-state index in [0.29, 0.717) is 6.04 Å². The molecule has 4 nitrogen and oxygen atoms in total. The fourth-order valence-corrected chi connectivity index (χ4v) is 3.09. The van der Waals surface area contributed by atoms with E-state index in [1.54, 1.807) is 0 Å². The van der Waals surface area contributed by atoms with Gasteiger partial charge in [-0.1, -0.05) is 6.92 Å². The minimum Gasteiger partial charge on any atom is -0.326 e. The highest BCUT2D eigenvalue weighted by Gasteiger charge is 2.37. The lowest BCUT2D eigenvalue weighted by Gasteiger charge is -2.47. The Morgan fingerprint density at radius 1 is 1.42 bits per heavy atom. The van der Waals surface area contributed by atoms with Crippen molar-refractivity contribution in [2.24, 2.45) is 5.73 Å². The molecule has 0 saturated carbocycles. The van der Waals surface area contributed by atoms with E-state index in [4.69, 9.17) is 5.73 Å². The van der Waals surface area contributed by atoms with Crippen molar-refractivity contribution in [2.75, 3.05) is 6.54 Å². The van der Waals surface area contributed by atoms with E-state index in [0.717, 1.165) is 25.9 Å². The number of aryl methyl sites for hydroxylation is 1. The number of rotatable bonds is 3. The molecule has 0 amide bonds. The van der Waals surface area contributed by atoms with E-state index in [1.807, 2.05) is 10.9 Å². The first kappa shape index (κ1) is 14.5. The van der Waals surface area contributed by atoms with Gasteiger partial charge in [-0.25, -0.2) is 0 Å². The van der Waals surface area contributed by atoms with E-state index in [2.05, 4.69) is 43.9 Å². The maximum absolute atomic E-state index is 6.40. The second-order valence-corrected chi connectivity index (χ2v) is 6.65. The molecular formula is C15H28N4. The lowest BCUT2D eigenvalue weighted by molar-refractivity contribution is 0.0384. The quantitative estimate of drug-likeness (QED) is 0.912. The summed E-state index contributed by atoms with van der Waals surface area (Å²) < 4.78 is 2.04. The molecular weight excluding hydrogens is 236 g/mol. The van der Waals surface area contributed by atoms with Gasteiger partial charge >= 0.3 is 0 Å². The van der Waals surface area contributed by atoms with Crippen molar-refractivity contribution >= 4 is 0 Å². The number of nitrogens with zero attached hydrogens (tertiary/aromatic N) is 3. The van der Waals surface area contributed by atoms with Crippen molar-refractivity contribution in [3.63, 3.8) is 0 Å². The molecule has 1 aromatic rings. The van der Waals surface area contributed by atoms with E-state index >= 15 is 0 Å². The number of piperidine rings is 1. The number of nitrogens with two attached hydrogens (primary N) is 1. The normalized spacial score (nSPS) is 25.7. The Hall–Kier alpha value is -0.870. The SMILES string of the molecule is CCCn1cc(C2C(N)CCCN2C(C)(C)C)cn1. The van der Waals surface area contributed by atoms with Gasteiger partial charge in [0.05, 0.1) is 12.2 Å². The van der Waals surface area contributed by atoms with Crippen molar-refractivity contribution < 1.29 is 0 Å². The van der Waals surface area contributed by atoms with Crippen LogP contribution in [-0.4, -0.2) is 32.8 Å². The maximum Gasteiger partial charge on any atom is 0.0538 e. The third kappa shape index (κ3) is 3.18. The summed E-state index contributed by atoms with van der Waals surface area (Å²) in [4.78, 5) is 2.54. The zero-order valence-corrected chi connectivity index (χ0v) is 12.8. The molecule has 2 heterocycles. The van der Waals surface area contributed by atoms with Gasteiger partial charge in [-0.3, -0.25) is 9.58 Å². The summed E-state index contributed by atoms with van der Waals surface area (Å²) in [5, 5.41) is 4.47. The lowest BCUT2D eigenvalue weighted by atomic mass is 9.88. The second-order valence-electron chi connectivity index (χ2n) is 6.65. The summed E-state index contributed by atoms with van der Waals surface area (Å²) in [6, 6.07) is 0.520. The average Bonchev–Trinajstić information content (AvgIpc) is 2.76. The monoisotopic (exact) mass is 264 g/mol. The topological polar surface area (TPSA) is 47.1 Å². The van der Waals surface area contributed by atoms with Gasteiger partial charge in [-0.15, -0.1) is 0 Å². The van der Waals surface area contributed by atoms with Gasteiger partial charge in [0.2, 0.25) is 0 Å². The largest absolute Gasteiger partial charge is 0.326 e. The Morgan fingerprint density at radius 2 is 2.16 bits per heavy atom. The summed E-state index contributed by atoms with van der Waals surface area (Å²) in [7, 11) is 0. The van der Waals surface area contributed by atoms with Gasteiger partial charge < -0.3 is 5.73 Å². The van der Waals surface area contributed by atoms with Crippen LogP contribution in [0.25, 0.3) is 0 Å². The molecule has 1 aliphatic heterocycles. The van der Waals surface area contributed by atoms with E-state index in [-0.39, 0.29) is 11.6 Å². The molecule has 0 spiro atoms. The first-order chi connectivity index (χ1) is 8.93. The van der Waals surface area contributed by atoms with Gasteiger partial charge in [0.1, 0.15) is 0 Å². The number of likely N-dealkylation sites (tertiary alicyclic amines) is 1. The molecule has 1 aromatic heterocycles. The maximum atomic E-state index is 6.40. The van der Waals surface area contributed by atoms with Crippen LogP contribution in [0.2, 0.25) is 0 Å². The molecule has 2 rings (SSSR count). The minimum atomic E-state index is 0.148. The van der Waals surface area contributed by atoms with Crippen LogP contribution in [0.4, 0.5) is 0 Å². The molecule has 2 unspecified atom stereocenters. The van der Waals surface area contributed by atoms with Gasteiger partial charge in [-0.2, -0.15) is 5.10 Å². The summed E-state index contributed by atoms with van der Waals surface area (Å²) in [5.74, 6) is 0. The van der Waals surface area contributed by atoms with Crippen LogP contribution < -0.4 is 5.73 Å². The molecule has 1 saturated heterocycles. The highest BCUT2D eigenvalue weighted by atomic mass is 15.3. The summed E-state index contributed by atoms with van der Waals surface area (Å²) >= 11 is 0. The average molecular weight is 264 g/mol. The third-order valence-corrected chi connectivity index (χ3v) is 3.99. The molecule has 108 valence electrons. The van der Waals surface area contributed by atoms with Crippen molar-refractivity contribution in [1.29, 1.82) is 0 Å². The number of hydrogen-bond donors (Lipinski definition) is 1. The van der Waals surface area contributed by atoms with E-state index < -0.39 is 0 Å². The zero-order chi connectivity index (χ0) is 14.0. The van der Waals surface area contributed by atoms with Crippen molar-refractivity contribution in [3.8, 4) is 0 Å². The van der Waals surface area contributed by atoms with Crippen molar-refractivity contribution in [3.05, 3.63) is 18.0 Å². The summed E-state index contributed by atoms with van der Waals surface area (Å²) in [6.45, 7) is 11.1. The smallest absolute Gasteiger partial charge is 0.0538 e. The second kappa shape index (κ2) is 5.63. The van der Waals surface area contributed by atoms with Crippen LogP contribution in [0, 0.1) is 0 Å². The van der Waals surface area contributed by atoms with E-state index in [9.17, 15) is 0 Å². The molecule has 19 heavy (non-hydrogen) atoms. The third-order valence-electron chi connectivity index (χ3n) is 3.99. The van der Waals surface area contributed by atoms with Gasteiger partial charge in [-0.05, 0) is 46.6 Å². The zero-order valence-electron chi connectivity index (χ0n) is 12.8. The molecule has 0 bridgehead atoms. The number of hydrogen-bond acceptors (Lipinski definition) is 3. The van der Waals surface area contributed by atoms with Gasteiger partial charge in [0.25, 0.3) is 0 Å². The number of aromatic nitrogens is 2. The van der Waals surface area contributed by atoms with Gasteiger partial charge in [0.15, 0.2) is 0 Å². The Bertz CT molecular complexity index is 405. The summed E-state index contributed by atoms with van der Waals surface area (Å²) in [5.41, 5.74) is 7.82. The molecule has 4 heteroatoms. The molecule has 0 aromatic carbocycles. The molecule has 0 aliphatic carbocycles. The van der Waals surface area contributed by atoms with Crippen LogP contribution in [0.5, 0.6) is 0 Å². The van der Waals surface area contributed by atoms with Crippen LogP contribution in [0.15, 0.2) is 12.4 Å². The fraction of sp³-hybridized carbons (Fsp3) is 0.800. The molecule has 2 N–H and O–H groups in total. The molecule has 2 atom stereocenters. The highest BCUT2D eigenvalue weighted by Crippen LogP contribution is 2.35.